The van der Waals surface area contributed by atoms with Crippen molar-refractivity contribution in [3.8, 4) is 0 Å². The molecule has 4 rings (SSSR count). The molecule has 7 nitrogen and oxygen atoms in total. The van der Waals surface area contributed by atoms with Crippen LogP contribution in [-0.2, 0) is 14.4 Å². The van der Waals surface area contributed by atoms with Gasteiger partial charge in [0, 0.05) is 39.6 Å². The largest absolute Gasteiger partial charge is 0.379 e. The van der Waals surface area contributed by atoms with E-state index in [-0.39, 0.29) is 17.3 Å². The number of aryl methyl sites for hydroxylation is 1. The van der Waals surface area contributed by atoms with E-state index in [1.165, 1.54) is 0 Å². The van der Waals surface area contributed by atoms with Crippen LogP contribution < -0.4 is 0 Å². The van der Waals surface area contributed by atoms with Gasteiger partial charge in [0.15, 0.2) is 5.78 Å². The number of benzene rings is 3. The Morgan fingerprint density at radius 2 is 1.50 bits per heavy atom. The Balaban J connectivity index is 1.41. The topological polar surface area (TPSA) is 85.3 Å². The first-order valence-electron chi connectivity index (χ1n) is 14.3. The number of morpholine rings is 1. The molecule has 0 N–H and O–H groups in total. The zero-order valence-corrected chi connectivity index (χ0v) is 25.5. The maximum Gasteiger partial charge on any atom is 0.354 e. The molecule has 0 unspecified atom stereocenters. The Morgan fingerprint density at radius 1 is 0.905 bits per heavy atom. The summed E-state index contributed by atoms with van der Waals surface area (Å²) in [7, 11) is 0. The molecule has 3 aromatic rings. The fraction of sp³-hybridized carbons (Fsp3) is 0.353. The van der Waals surface area contributed by atoms with Crippen LogP contribution in [0.4, 0.5) is 0 Å². The number of nitrogens with zero attached hydrogens (tertiary/aromatic N) is 2. The molecule has 0 radical (unpaired) electrons. The molecule has 8 heteroatoms. The van der Waals surface area contributed by atoms with Gasteiger partial charge in [-0.25, -0.2) is 4.79 Å². The highest BCUT2D eigenvalue weighted by Crippen LogP contribution is 2.29. The third-order valence-corrected chi connectivity index (χ3v) is 8.44. The van der Waals surface area contributed by atoms with Crippen molar-refractivity contribution in [2.24, 2.45) is 5.16 Å². The second-order valence-corrected chi connectivity index (χ2v) is 11.9. The SMILES string of the molecule is CCCC/C(=N\OC(=O)C(C)(C)N1CCOCC1)C(=O)c1ccc(Sc2ccc(C(=O)c3ccccc3C)cc2)cc1. The molecule has 1 heterocycles. The van der Waals surface area contributed by atoms with Gasteiger partial charge in [-0.15, -0.1) is 0 Å². The number of carbonyl (C=O) groups is 3. The van der Waals surface area contributed by atoms with Gasteiger partial charge >= 0.3 is 5.97 Å². The van der Waals surface area contributed by atoms with Crippen LogP contribution in [-0.4, -0.2) is 60.0 Å². The second kappa shape index (κ2) is 14.5. The van der Waals surface area contributed by atoms with Gasteiger partial charge in [-0.05, 0) is 87.7 Å². The van der Waals surface area contributed by atoms with E-state index < -0.39 is 11.5 Å². The van der Waals surface area contributed by atoms with Crippen LogP contribution in [0.3, 0.4) is 0 Å². The number of ether oxygens (including phenoxy) is 1. The summed E-state index contributed by atoms with van der Waals surface area (Å²) in [5, 5.41) is 4.07. The minimum Gasteiger partial charge on any atom is -0.379 e. The Bertz CT molecular complexity index is 1430. The number of rotatable bonds is 12. The maximum absolute atomic E-state index is 13.3. The lowest BCUT2D eigenvalue weighted by atomic mass is 9.99. The van der Waals surface area contributed by atoms with Gasteiger partial charge in [0.05, 0.1) is 13.2 Å². The van der Waals surface area contributed by atoms with Crippen molar-refractivity contribution in [1.82, 2.24) is 4.90 Å². The van der Waals surface area contributed by atoms with E-state index in [1.54, 1.807) is 37.7 Å². The minimum atomic E-state index is -0.878. The van der Waals surface area contributed by atoms with E-state index in [0.29, 0.717) is 49.4 Å². The van der Waals surface area contributed by atoms with Crippen molar-refractivity contribution < 1.29 is 24.0 Å². The molecular formula is C34H38N2O5S. The van der Waals surface area contributed by atoms with E-state index in [4.69, 9.17) is 9.57 Å². The van der Waals surface area contributed by atoms with Crippen molar-refractivity contribution in [2.75, 3.05) is 26.3 Å². The number of carbonyl (C=O) groups excluding carboxylic acids is 3. The van der Waals surface area contributed by atoms with Gasteiger partial charge in [0.1, 0.15) is 11.3 Å². The van der Waals surface area contributed by atoms with Crippen LogP contribution in [0.15, 0.2) is 87.7 Å². The predicted octanol–water partition coefficient (Wildman–Crippen LogP) is 6.76. The molecule has 1 aliphatic rings. The van der Waals surface area contributed by atoms with Gasteiger partial charge in [0.25, 0.3) is 0 Å². The number of ketones is 2. The molecule has 1 saturated heterocycles. The monoisotopic (exact) mass is 586 g/mol. The fourth-order valence-corrected chi connectivity index (χ4v) is 5.46. The van der Waals surface area contributed by atoms with Crippen LogP contribution in [0, 0.1) is 6.92 Å². The van der Waals surface area contributed by atoms with Gasteiger partial charge in [-0.3, -0.25) is 14.5 Å². The third-order valence-electron chi connectivity index (χ3n) is 7.43. The number of unbranched alkanes of at least 4 members (excludes halogenated alkanes) is 1. The van der Waals surface area contributed by atoms with Gasteiger partial charge in [0.2, 0.25) is 5.78 Å². The van der Waals surface area contributed by atoms with Crippen molar-refractivity contribution in [3.63, 3.8) is 0 Å². The summed E-state index contributed by atoms with van der Waals surface area (Å²) in [4.78, 5) is 48.4. The quantitative estimate of drug-likeness (QED) is 0.100. The molecule has 220 valence electrons. The lowest BCUT2D eigenvalue weighted by Crippen LogP contribution is -2.54. The molecule has 1 fully saturated rings. The molecule has 0 atom stereocenters. The Morgan fingerprint density at radius 3 is 2.10 bits per heavy atom. The summed E-state index contributed by atoms with van der Waals surface area (Å²) in [6.45, 7) is 9.96. The lowest BCUT2D eigenvalue weighted by Gasteiger charge is -2.37. The standard InChI is InChI=1S/C34H38N2O5S/c1-5-6-11-30(35-41-33(39)34(3,4)36-20-22-40-23-21-36)32(38)26-14-18-28(19-15-26)42-27-16-12-25(13-17-27)31(37)29-10-8-7-9-24(29)2/h7-10,12-19H,5-6,11,20-23H2,1-4H3/b35-30+. The van der Waals surface area contributed by atoms with Gasteiger partial charge in [-0.1, -0.05) is 54.5 Å². The van der Waals surface area contributed by atoms with E-state index in [0.717, 1.165) is 28.2 Å². The molecule has 3 aromatic carbocycles. The molecular weight excluding hydrogens is 548 g/mol. The van der Waals surface area contributed by atoms with E-state index >= 15 is 0 Å². The van der Waals surface area contributed by atoms with Gasteiger partial charge < -0.3 is 9.57 Å². The number of Topliss-reactive ketones (excluding diaryl/α,β-unsaturated/α-hetero) is 1. The number of hydrogen-bond donors (Lipinski definition) is 0. The lowest BCUT2D eigenvalue weighted by molar-refractivity contribution is -0.159. The van der Waals surface area contributed by atoms with Crippen LogP contribution >= 0.6 is 11.8 Å². The molecule has 0 bridgehead atoms. The molecule has 0 aliphatic carbocycles. The minimum absolute atomic E-state index is 0.00314. The first kappa shape index (κ1) is 31.3. The fourth-order valence-electron chi connectivity index (χ4n) is 4.64. The van der Waals surface area contributed by atoms with Gasteiger partial charge in [-0.2, -0.15) is 0 Å². The summed E-state index contributed by atoms with van der Waals surface area (Å²) in [6.07, 6.45) is 2.06. The number of hydrogen-bond acceptors (Lipinski definition) is 8. The summed E-state index contributed by atoms with van der Waals surface area (Å²) in [6, 6.07) is 22.4. The van der Waals surface area contributed by atoms with Crippen molar-refractivity contribution in [2.45, 2.75) is 62.3 Å². The maximum atomic E-state index is 13.3. The third kappa shape index (κ3) is 7.82. The number of oxime groups is 1. The Labute approximate surface area is 252 Å². The average molecular weight is 587 g/mol. The van der Waals surface area contributed by atoms with E-state index in [9.17, 15) is 14.4 Å². The van der Waals surface area contributed by atoms with E-state index in [2.05, 4.69) is 5.16 Å². The smallest absolute Gasteiger partial charge is 0.354 e. The van der Waals surface area contributed by atoms with Crippen LogP contribution in [0.2, 0.25) is 0 Å². The second-order valence-electron chi connectivity index (χ2n) is 10.8. The van der Waals surface area contributed by atoms with E-state index in [1.807, 2.05) is 79.4 Å². The molecule has 0 aromatic heterocycles. The molecule has 0 amide bonds. The Hall–Kier alpha value is -3.59. The zero-order chi connectivity index (χ0) is 30.1. The molecule has 1 aliphatic heterocycles. The summed E-state index contributed by atoms with van der Waals surface area (Å²) in [5.41, 5.74) is 2.14. The highest BCUT2D eigenvalue weighted by molar-refractivity contribution is 7.99. The molecule has 0 saturated carbocycles. The highest BCUT2D eigenvalue weighted by atomic mass is 32.2. The summed E-state index contributed by atoms with van der Waals surface area (Å²) in [5.74, 6) is -0.746. The first-order valence-corrected chi connectivity index (χ1v) is 15.2. The van der Waals surface area contributed by atoms with Crippen molar-refractivity contribution >= 4 is 35.0 Å². The molecule has 0 spiro atoms. The summed E-state index contributed by atoms with van der Waals surface area (Å²) >= 11 is 1.54. The average Bonchev–Trinajstić information content (AvgIpc) is 3.01. The predicted molar refractivity (Wildman–Crippen MR) is 165 cm³/mol. The zero-order valence-electron chi connectivity index (χ0n) is 24.7. The van der Waals surface area contributed by atoms with Crippen molar-refractivity contribution in [3.05, 3.63) is 95.1 Å². The van der Waals surface area contributed by atoms with Crippen LogP contribution in [0.5, 0.6) is 0 Å². The normalized spacial score (nSPS) is 14.4. The highest BCUT2D eigenvalue weighted by Gasteiger charge is 2.37. The molecule has 42 heavy (non-hydrogen) atoms. The Kier molecular flexibility index (Phi) is 10.8. The summed E-state index contributed by atoms with van der Waals surface area (Å²) < 4.78 is 5.39. The first-order chi connectivity index (χ1) is 20.2. The van der Waals surface area contributed by atoms with Crippen molar-refractivity contribution in [1.29, 1.82) is 0 Å². The van der Waals surface area contributed by atoms with Crippen LogP contribution in [0.25, 0.3) is 0 Å². The van der Waals surface area contributed by atoms with Crippen LogP contribution in [0.1, 0.15) is 71.9 Å².